The van der Waals surface area contributed by atoms with Gasteiger partial charge in [-0.1, -0.05) is 6.07 Å². The van der Waals surface area contributed by atoms with E-state index in [4.69, 9.17) is 5.73 Å². The van der Waals surface area contributed by atoms with Crippen LogP contribution in [0.4, 0.5) is 4.39 Å². The first-order chi connectivity index (χ1) is 7.97. The maximum Gasteiger partial charge on any atom is 0.327 e. The van der Waals surface area contributed by atoms with Crippen LogP contribution in [0.15, 0.2) is 23.0 Å². The van der Waals surface area contributed by atoms with Crippen molar-refractivity contribution in [1.29, 1.82) is 0 Å². The molecule has 0 bridgehead atoms. The molecule has 0 spiro atoms. The zero-order valence-corrected chi connectivity index (χ0v) is 9.96. The van der Waals surface area contributed by atoms with Gasteiger partial charge < -0.3 is 10.7 Å². The first-order valence-electron chi connectivity index (χ1n) is 5.57. The van der Waals surface area contributed by atoms with Crippen molar-refractivity contribution >= 4 is 11.0 Å². The molecule has 0 radical (unpaired) electrons. The fourth-order valence-electron chi connectivity index (χ4n) is 2.16. The zero-order valence-electron chi connectivity index (χ0n) is 9.96. The molecule has 0 saturated heterocycles. The SMILES string of the molecule is CC(C)(CCN)n1c(=O)[nH]c2c(F)cccc21. The minimum absolute atomic E-state index is 0.252. The molecule has 0 atom stereocenters. The Kier molecular flexibility index (Phi) is 2.79. The number of benzene rings is 1. The zero-order chi connectivity index (χ0) is 12.6. The Hall–Kier alpha value is -1.62. The lowest BCUT2D eigenvalue weighted by Gasteiger charge is -2.25. The molecule has 2 aromatic rings. The summed E-state index contributed by atoms with van der Waals surface area (Å²) >= 11 is 0. The van der Waals surface area contributed by atoms with Crippen LogP contribution >= 0.6 is 0 Å². The highest BCUT2D eigenvalue weighted by molar-refractivity contribution is 5.76. The van der Waals surface area contributed by atoms with Crippen molar-refractivity contribution in [3.8, 4) is 0 Å². The lowest BCUT2D eigenvalue weighted by atomic mass is 10.0. The summed E-state index contributed by atoms with van der Waals surface area (Å²) < 4.78 is 15.1. The van der Waals surface area contributed by atoms with Crippen LogP contribution in [0.3, 0.4) is 0 Å². The van der Waals surface area contributed by atoms with Crippen LogP contribution in [0.1, 0.15) is 20.3 Å². The molecule has 92 valence electrons. The van der Waals surface area contributed by atoms with E-state index in [0.29, 0.717) is 18.5 Å². The number of rotatable bonds is 3. The Morgan fingerprint density at radius 1 is 1.47 bits per heavy atom. The largest absolute Gasteiger partial charge is 0.330 e. The predicted octanol–water partition coefficient (Wildman–Crippen LogP) is 1.55. The maximum atomic E-state index is 13.5. The van der Waals surface area contributed by atoms with Gasteiger partial charge in [-0.25, -0.2) is 9.18 Å². The Bertz CT molecular complexity index is 597. The lowest BCUT2D eigenvalue weighted by Crippen LogP contribution is -2.36. The van der Waals surface area contributed by atoms with Crippen molar-refractivity contribution in [2.45, 2.75) is 25.8 Å². The van der Waals surface area contributed by atoms with Gasteiger partial charge in [-0.05, 0) is 38.9 Å². The minimum atomic E-state index is -0.433. The Labute approximate surface area is 98.2 Å². The number of fused-ring (bicyclic) bond motifs is 1. The molecule has 3 N–H and O–H groups in total. The van der Waals surface area contributed by atoms with Crippen LogP contribution in [0.2, 0.25) is 0 Å². The van der Waals surface area contributed by atoms with Gasteiger partial charge in [0.2, 0.25) is 0 Å². The highest BCUT2D eigenvalue weighted by Gasteiger charge is 2.24. The summed E-state index contributed by atoms with van der Waals surface area (Å²) in [4.78, 5) is 14.5. The van der Waals surface area contributed by atoms with Gasteiger partial charge in [-0.15, -0.1) is 0 Å². The molecule has 2 rings (SSSR count). The average Bonchev–Trinajstić information content (AvgIpc) is 2.56. The van der Waals surface area contributed by atoms with Crippen LogP contribution in [0.5, 0.6) is 0 Å². The van der Waals surface area contributed by atoms with E-state index in [1.54, 1.807) is 16.7 Å². The molecule has 5 heteroatoms. The number of nitrogens with zero attached hydrogens (tertiary/aromatic N) is 1. The predicted molar refractivity (Wildman–Crippen MR) is 65.5 cm³/mol. The molecule has 0 aliphatic carbocycles. The summed E-state index contributed by atoms with van der Waals surface area (Å²) in [5.74, 6) is -0.415. The smallest absolute Gasteiger partial charge is 0.327 e. The van der Waals surface area contributed by atoms with E-state index in [-0.39, 0.29) is 11.2 Å². The highest BCUT2D eigenvalue weighted by Crippen LogP contribution is 2.23. The molecule has 1 heterocycles. The molecule has 0 unspecified atom stereocenters. The topological polar surface area (TPSA) is 63.8 Å². The summed E-state index contributed by atoms with van der Waals surface area (Å²) in [6.45, 7) is 4.31. The number of nitrogens with one attached hydrogen (secondary N) is 1. The summed E-state index contributed by atoms with van der Waals surface area (Å²) in [6.07, 6.45) is 0.649. The molecule has 1 aromatic carbocycles. The second kappa shape index (κ2) is 4.00. The Morgan fingerprint density at radius 2 is 2.18 bits per heavy atom. The van der Waals surface area contributed by atoms with Crippen molar-refractivity contribution < 1.29 is 4.39 Å². The van der Waals surface area contributed by atoms with Crippen LogP contribution < -0.4 is 11.4 Å². The number of aromatic amines is 1. The third kappa shape index (κ3) is 1.86. The van der Waals surface area contributed by atoms with Gasteiger partial charge in [0, 0.05) is 5.54 Å². The first-order valence-corrected chi connectivity index (χ1v) is 5.57. The molecule has 0 saturated carbocycles. The molecular weight excluding hydrogens is 221 g/mol. The van der Waals surface area contributed by atoms with Crippen LogP contribution in [0, 0.1) is 5.82 Å². The second-order valence-corrected chi connectivity index (χ2v) is 4.75. The van der Waals surface area contributed by atoms with E-state index in [9.17, 15) is 9.18 Å². The summed E-state index contributed by atoms with van der Waals surface area (Å²) in [6, 6.07) is 4.66. The van der Waals surface area contributed by atoms with Gasteiger partial charge in [0.1, 0.15) is 11.3 Å². The second-order valence-electron chi connectivity index (χ2n) is 4.75. The van der Waals surface area contributed by atoms with Gasteiger partial charge in [-0.3, -0.25) is 4.57 Å². The lowest BCUT2D eigenvalue weighted by molar-refractivity contribution is 0.334. The van der Waals surface area contributed by atoms with Crippen molar-refractivity contribution in [2.75, 3.05) is 6.54 Å². The maximum absolute atomic E-state index is 13.5. The van der Waals surface area contributed by atoms with Crippen molar-refractivity contribution in [1.82, 2.24) is 9.55 Å². The molecule has 0 amide bonds. The number of H-pyrrole nitrogens is 1. The molecule has 0 fully saturated rings. The number of imidazole rings is 1. The molecule has 1 aromatic heterocycles. The van der Waals surface area contributed by atoms with E-state index >= 15 is 0 Å². The molecule has 4 nitrogen and oxygen atoms in total. The van der Waals surface area contributed by atoms with Crippen molar-refractivity contribution in [3.63, 3.8) is 0 Å². The van der Waals surface area contributed by atoms with Crippen molar-refractivity contribution in [2.24, 2.45) is 5.73 Å². The monoisotopic (exact) mass is 237 g/mol. The quantitative estimate of drug-likeness (QED) is 0.850. The number of hydrogen-bond donors (Lipinski definition) is 2. The van der Waals surface area contributed by atoms with Gasteiger partial charge in [0.25, 0.3) is 0 Å². The summed E-state index contributed by atoms with van der Waals surface area (Å²) in [5, 5.41) is 0. The standard InChI is InChI=1S/C12H16FN3O/c1-12(2,6-7-14)16-9-5-3-4-8(13)10(9)15-11(16)17/h3-5H,6-7,14H2,1-2H3,(H,15,17). The highest BCUT2D eigenvalue weighted by atomic mass is 19.1. The van der Waals surface area contributed by atoms with E-state index in [2.05, 4.69) is 4.98 Å². The molecular formula is C12H16FN3O. The minimum Gasteiger partial charge on any atom is -0.330 e. The van der Waals surface area contributed by atoms with Crippen LogP contribution in [0.25, 0.3) is 11.0 Å². The van der Waals surface area contributed by atoms with E-state index in [1.165, 1.54) is 6.07 Å². The van der Waals surface area contributed by atoms with Gasteiger partial charge in [-0.2, -0.15) is 0 Å². The number of para-hydroxylation sites is 1. The average molecular weight is 237 g/mol. The number of halogens is 1. The number of aromatic nitrogens is 2. The summed E-state index contributed by atoms with van der Waals surface area (Å²) in [7, 11) is 0. The van der Waals surface area contributed by atoms with Crippen LogP contribution in [-0.2, 0) is 5.54 Å². The van der Waals surface area contributed by atoms with E-state index in [0.717, 1.165) is 0 Å². The van der Waals surface area contributed by atoms with Gasteiger partial charge >= 0.3 is 5.69 Å². The van der Waals surface area contributed by atoms with Crippen molar-refractivity contribution in [3.05, 3.63) is 34.5 Å². The molecule has 0 aliphatic rings. The first kappa shape index (κ1) is 11.9. The summed E-state index contributed by atoms with van der Waals surface area (Å²) in [5.41, 5.74) is 5.64. The normalized spacial score (nSPS) is 12.2. The molecule has 0 aliphatic heterocycles. The number of hydrogen-bond acceptors (Lipinski definition) is 2. The third-order valence-electron chi connectivity index (χ3n) is 3.03. The Morgan fingerprint density at radius 3 is 2.82 bits per heavy atom. The number of nitrogens with two attached hydrogens (primary N) is 1. The third-order valence-corrected chi connectivity index (χ3v) is 3.03. The van der Waals surface area contributed by atoms with E-state index in [1.807, 2.05) is 13.8 Å². The fourth-order valence-corrected chi connectivity index (χ4v) is 2.16. The molecule has 17 heavy (non-hydrogen) atoms. The Balaban J connectivity index is 2.74. The van der Waals surface area contributed by atoms with Crippen LogP contribution in [-0.4, -0.2) is 16.1 Å². The van der Waals surface area contributed by atoms with Gasteiger partial charge in [0.05, 0.1) is 5.52 Å². The van der Waals surface area contributed by atoms with Gasteiger partial charge in [0.15, 0.2) is 0 Å². The fraction of sp³-hybridized carbons (Fsp3) is 0.417. The van der Waals surface area contributed by atoms with E-state index < -0.39 is 11.4 Å².